The van der Waals surface area contributed by atoms with Gasteiger partial charge in [-0.05, 0) is 51.1 Å². The highest BCUT2D eigenvalue weighted by atomic mass is 19.4. The summed E-state index contributed by atoms with van der Waals surface area (Å²) in [4.78, 5) is 32.3. The fraction of sp³-hybridized carbons (Fsp3) is 0.292. The lowest BCUT2D eigenvalue weighted by molar-refractivity contribution is -0.137. The molecule has 176 valence electrons. The Labute approximate surface area is 192 Å². The van der Waals surface area contributed by atoms with E-state index in [0.29, 0.717) is 22.2 Å². The molecule has 5 rings (SSSR count). The van der Waals surface area contributed by atoms with Crippen LogP contribution in [0.2, 0.25) is 0 Å². The summed E-state index contributed by atoms with van der Waals surface area (Å²) in [6, 6.07) is 5.50. The van der Waals surface area contributed by atoms with E-state index in [0.717, 1.165) is 17.8 Å². The fourth-order valence-electron chi connectivity index (χ4n) is 4.62. The number of imidazole rings is 1. The third-order valence-corrected chi connectivity index (χ3v) is 6.32. The molecule has 34 heavy (non-hydrogen) atoms. The molecule has 0 spiro atoms. The average molecular weight is 470 g/mol. The van der Waals surface area contributed by atoms with Gasteiger partial charge in [-0.15, -0.1) is 0 Å². The van der Waals surface area contributed by atoms with Crippen molar-refractivity contribution in [2.45, 2.75) is 45.6 Å². The highest BCUT2D eigenvalue weighted by Gasteiger charge is 2.36. The van der Waals surface area contributed by atoms with Crippen LogP contribution in [0.3, 0.4) is 0 Å². The fourth-order valence-corrected chi connectivity index (χ4v) is 4.62. The maximum Gasteiger partial charge on any atom is 0.416 e. The van der Waals surface area contributed by atoms with E-state index in [1.54, 1.807) is 48.0 Å². The first-order chi connectivity index (χ1) is 16.1. The van der Waals surface area contributed by atoms with Crippen LogP contribution in [0.15, 0.2) is 58.3 Å². The third kappa shape index (κ3) is 3.41. The van der Waals surface area contributed by atoms with Gasteiger partial charge in [-0.3, -0.25) is 9.59 Å². The van der Waals surface area contributed by atoms with Gasteiger partial charge >= 0.3 is 6.18 Å². The number of carbonyl (C=O) groups excluding carboxylic acids is 1. The summed E-state index contributed by atoms with van der Waals surface area (Å²) in [7, 11) is 0. The van der Waals surface area contributed by atoms with Crippen molar-refractivity contribution in [2.24, 2.45) is 0 Å². The van der Waals surface area contributed by atoms with E-state index in [2.05, 4.69) is 4.98 Å². The number of amides is 1. The van der Waals surface area contributed by atoms with Crippen LogP contribution in [-0.4, -0.2) is 31.0 Å². The van der Waals surface area contributed by atoms with Crippen molar-refractivity contribution in [1.82, 2.24) is 19.0 Å². The number of alkyl halides is 3. The number of nitrogens with zero attached hydrogens (tertiary/aromatic N) is 4. The van der Waals surface area contributed by atoms with Gasteiger partial charge in [-0.25, -0.2) is 4.98 Å². The smallest absolute Gasteiger partial charge is 0.416 e. The number of carbonyl (C=O) groups is 1. The number of fused-ring (bicyclic) bond motifs is 2. The molecular weight excluding hydrogens is 449 g/mol. The minimum absolute atomic E-state index is 0.222. The molecule has 0 bridgehead atoms. The molecule has 7 nitrogen and oxygen atoms in total. The number of aromatic nitrogens is 3. The third-order valence-electron chi connectivity index (χ3n) is 6.32. The van der Waals surface area contributed by atoms with E-state index >= 15 is 0 Å². The molecule has 0 saturated heterocycles. The topological polar surface area (TPSA) is 73.3 Å². The van der Waals surface area contributed by atoms with E-state index in [-0.39, 0.29) is 29.7 Å². The summed E-state index contributed by atoms with van der Waals surface area (Å²) in [5.74, 6) is -0.377. The lowest BCUT2D eigenvalue weighted by Gasteiger charge is -2.39. The molecule has 10 heteroatoms. The first-order valence-electron chi connectivity index (χ1n) is 10.7. The lowest BCUT2D eigenvalue weighted by atomic mass is 10.0. The van der Waals surface area contributed by atoms with Gasteiger partial charge in [0.15, 0.2) is 0 Å². The van der Waals surface area contributed by atoms with E-state index in [4.69, 9.17) is 4.42 Å². The van der Waals surface area contributed by atoms with Gasteiger partial charge in [0.2, 0.25) is 0 Å². The number of halogens is 3. The molecule has 2 unspecified atom stereocenters. The van der Waals surface area contributed by atoms with Gasteiger partial charge in [-0.1, -0.05) is 0 Å². The molecule has 0 N–H and O–H groups in total. The molecule has 0 radical (unpaired) electrons. The average Bonchev–Trinajstić information content (AvgIpc) is 3.39. The van der Waals surface area contributed by atoms with Crippen molar-refractivity contribution < 1.29 is 22.4 Å². The Morgan fingerprint density at radius 2 is 1.94 bits per heavy atom. The number of furan rings is 1. The van der Waals surface area contributed by atoms with Crippen molar-refractivity contribution in [3.05, 3.63) is 82.0 Å². The van der Waals surface area contributed by atoms with Gasteiger partial charge in [-0.2, -0.15) is 13.2 Å². The largest absolute Gasteiger partial charge is 0.464 e. The number of pyridine rings is 1. The van der Waals surface area contributed by atoms with E-state index in [9.17, 15) is 22.8 Å². The van der Waals surface area contributed by atoms with Crippen molar-refractivity contribution >= 4 is 16.9 Å². The summed E-state index contributed by atoms with van der Waals surface area (Å²) in [5.41, 5.74) is 1.04. The van der Waals surface area contributed by atoms with Crippen LogP contribution >= 0.6 is 0 Å². The second-order valence-corrected chi connectivity index (χ2v) is 8.58. The number of rotatable bonds is 3. The molecule has 4 aromatic rings. The Hall–Kier alpha value is -3.82. The van der Waals surface area contributed by atoms with Gasteiger partial charge in [0.05, 0.1) is 29.9 Å². The number of hydrogen-bond acceptors (Lipinski definition) is 4. The van der Waals surface area contributed by atoms with Crippen LogP contribution in [0.25, 0.3) is 16.7 Å². The second-order valence-electron chi connectivity index (χ2n) is 8.58. The van der Waals surface area contributed by atoms with Crippen LogP contribution in [0.5, 0.6) is 0 Å². The quantitative estimate of drug-likeness (QED) is 0.435. The van der Waals surface area contributed by atoms with Crippen LogP contribution in [0.4, 0.5) is 13.2 Å². The Morgan fingerprint density at radius 3 is 2.62 bits per heavy atom. The van der Waals surface area contributed by atoms with Crippen LogP contribution in [-0.2, 0) is 12.7 Å². The normalized spacial score (nSPS) is 17.3. The van der Waals surface area contributed by atoms with Gasteiger partial charge in [0, 0.05) is 29.7 Å². The maximum absolute atomic E-state index is 13.5. The standard InChI is InChI=1S/C24H21F3N4O3/c1-13-9-29(12-28-13)19-5-6-20-23(33)31(14(2)10-30(20)22(19)32)15(3)18-11-34-21-7-4-16(8-17(18)21)24(25,26)27/h4-9,11-12,14-15H,10H2,1-3H3. The molecule has 1 amide bonds. The van der Waals surface area contributed by atoms with Gasteiger partial charge in [0.25, 0.3) is 11.5 Å². The molecule has 0 fully saturated rings. The molecule has 0 saturated carbocycles. The predicted octanol–water partition coefficient (Wildman–Crippen LogP) is 4.71. The molecule has 2 atom stereocenters. The van der Waals surface area contributed by atoms with Gasteiger partial charge < -0.3 is 18.5 Å². The zero-order valence-corrected chi connectivity index (χ0v) is 18.6. The highest BCUT2D eigenvalue weighted by Crippen LogP contribution is 2.37. The summed E-state index contributed by atoms with van der Waals surface area (Å²) in [6.45, 7) is 5.61. The maximum atomic E-state index is 13.5. The van der Waals surface area contributed by atoms with E-state index in [1.165, 1.54) is 16.9 Å². The molecule has 1 aliphatic rings. The minimum atomic E-state index is -4.49. The molecule has 1 aromatic carbocycles. The Morgan fingerprint density at radius 1 is 1.18 bits per heavy atom. The summed E-state index contributed by atoms with van der Waals surface area (Å²) in [5, 5.41) is 0.302. The van der Waals surface area contributed by atoms with Crippen molar-refractivity contribution in [3.63, 3.8) is 0 Å². The molecular formula is C24H21F3N4O3. The summed E-state index contributed by atoms with van der Waals surface area (Å²) in [6.07, 6.45) is 0.166. The first-order valence-corrected chi connectivity index (χ1v) is 10.7. The van der Waals surface area contributed by atoms with E-state index in [1.807, 2.05) is 6.92 Å². The highest BCUT2D eigenvalue weighted by molar-refractivity contribution is 5.94. The number of benzene rings is 1. The summed E-state index contributed by atoms with van der Waals surface area (Å²) < 4.78 is 48.3. The van der Waals surface area contributed by atoms with Crippen molar-refractivity contribution in [1.29, 1.82) is 0 Å². The van der Waals surface area contributed by atoms with E-state index < -0.39 is 17.8 Å². The zero-order valence-electron chi connectivity index (χ0n) is 18.6. The Kier molecular flexibility index (Phi) is 4.92. The van der Waals surface area contributed by atoms with Crippen LogP contribution < -0.4 is 5.56 Å². The minimum Gasteiger partial charge on any atom is -0.464 e. The Balaban J connectivity index is 1.54. The Bertz CT molecular complexity index is 1480. The van der Waals surface area contributed by atoms with Crippen molar-refractivity contribution in [3.8, 4) is 5.69 Å². The van der Waals surface area contributed by atoms with Crippen LogP contribution in [0, 0.1) is 6.92 Å². The molecule has 3 aromatic heterocycles. The first kappa shape index (κ1) is 22.0. The SMILES string of the molecule is Cc1cn(-c2ccc3n(c2=O)CC(C)N(C(C)c2coc4ccc(C(F)(F)F)cc24)C3=O)cn1. The monoisotopic (exact) mass is 470 g/mol. The number of aryl methyl sites for hydroxylation is 1. The predicted molar refractivity (Wildman–Crippen MR) is 118 cm³/mol. The molecule has 4 heterocycles. The molecule has 1 aliphatic heterocycles. The number of hydrogen-bond donors (Lipinski definition) is 0. The van der Waals surface area contributed by atoms with Crippen LogP contribution in [0.1, 0.15) is 47.2 Å². The van der Waals surface area contributed by atoms with Gasteiger partial charge in [0.1, 0.15) is 17.0 Å². The zero-order chi connectivity index (χ0) is 24.4. The lowest BCUT2D eigenvalue weighted by Crippen LogP contribution is -2.50. The molecule has 0 aliphatic carbocycles. The second kappa shape index (κ2) is 7.61. The summed E-state index contributed by atoms with van der Waals surface area (Å²) >= 11 is 0. The van der Waals surface area contributed by atoms with Crippen molar-refractivity contribution in [2.75, 3.05) is 0 Å².